The van der Waals surface area contributed by atoms with Crippen LogP contribution in [0.15, 0.2) is 42.5 Å². The van der Waals surface area contributed by atoms with Crippen molar-refractivity contribution in [2.24, 2.45) is 0 Å². The lowest BCUT2D eigenvalue weighted by Gasteiger charge is -2.34. The molecule has 0 aromatic heterocycles. The van der Waals surface area contributed by atoms with Gasteiger partial charge >= 0.3 is 5.97 Å². The minimum atomic E-state index is -0.466. The Balaban J connectivity index is 1.75. The Morgan fingerprint density at radius 1 is 1.23 bits per heavy atom. The molecule has 5 nitrogen and oxygen atoms in total. The third-order valence-electron chi connectivity index (χ3n) is 4.63. The van der Waals surface area contributed by atoms with Gasteiger partial charge < -0.3 is 10.1 Å². The molecule has 1 N–H and O–H groups in total. The van der Waals surface area contributed by atoms with E-state index in [1.165, 1.54) is 7.11 Å². The number of nitrogens with one attached hydrogen (secondary N) is 1. The zero-order valence-electron chi connectivity index (χ0n) is 14.8. The number of carbonyl (C=O) groups excluding carboxylic acids is 2. The van der Waals surface area contributed by atoms with Gasteiger partial charge in [0.15, 0.2) is 0 Å². The highest BCUT2D eigenvalue weighted by molar-refractivity contribution is 6.30. The second-order valence-corrected chi connectivity index (χ2v) is 6.86. The SMILES string of the molecule is COC(=O)[C@H]1Cc2ccccc2CN1CC(=O)Nc1ccc(Cl)cc1C. The smallest absolute Gasteiger partial charge is 0.323 e. The van der Waals surface area contributed by atoms with E-state index >= 15 is 0 Å². The number of hydrogen-bond donors (Lipinski definition) is 1. The van der Waals surface area contributed by atoms with Gasteiger partial charge in [-0.15, -0.1) is 0 Å². The molecule has 0 fully saturated rings. The quantitative estimate of drug-likeness (QED) is 0.837. The molecule has 0 saturated heterocycles. The molecule has 0 radical (unpaired) electrons. The van der Waals surface area contributed by atoms with Crippen molar-refractivity contribution >= 4 is 29.2 Å². The van der Waals surface area contributed by atoms with Gasteiger partial charge in [-0.25, -0.2) is 0 Å². The summed E-state index contributed by atoms with van der Waals surface area (Å²) in [5.74, 6) is -0.501. The fourth-order valence-electron chi connectivity index (χ4n) is 3.25. The maximum absolute atomic E-state index is 12.5. The van der Waals surface area contributed by atoms with Crippen LogP contribution in [0.5, 0.6) is 0 Å². The molecule has 136 valence electrons. The van der Waals surface area contributed by atoms with Crippen molar-refractivity contribution in [2.45, 2.75) is 25.9 Å². The van der Waals surface area contributed by atoms with Gasteiger partial charge in [0.1, 0.15) is 6.04 Å². The minimum Gasteiger partial charge on any atom is -0.468 e. The molecule has 3 rings (SSSR count). The van der Waals surface area contributed by atoms with Crippen LogP contribution in [0.4, 0.5) is 5.69 Å². The van der Waals surface area contributed by atoms with E-state index in [4.69, 9.17) is 16.3 Å². The van der Waals surface area contributed by atoms with Gasteiger partial charge in [0.25, 0.3) is 0 Å². The van der Waals surface area contributed by atoms with Crippen LogP contribution < -0.4 is 5.32 Å². The van der Waals surface area contributed by atoms with Crippen molar-refractivity contribution < 1.29 is 14.3 Å². The highest BCUT2D eigenvalue weighted by atomic mass is 35.5. The summed E-state index contributed by atoms with van der Waals surface area (Å²) < 4.78 is 4.94. The molecule has 2 aromatic carbocycles. The highest BCUT2D eigenvalue weighted by Crippen LogP contribution is 2.24. The number of carbonyl (C=O) groups is 2. The molecule has 0 aliphatic carbocycles. The largest absolute Gasteiger partial charge is 0.468 e. The summed E-state index contributed by atoms with van der Waals surface area (Å²) >= 11 is 5.95. The summed E-state index contributed by atoms with van der Waals surface area (Å²) in [4.78, 5) is 26.6. The Kier molecular flexibility index (Phi) is 5.59. The molecule has 1 aliphatic heterocycles. The number of ether oxygens (including phenoxy) is 1. The molecular formula is C20H21ClN2O3. The summed E-state index contributed by atoms with van der Waals surface area (Å²) in [5.41, 5.74) is 3.85. The first kappa shape index (κ1) is 18.4. The number of aryl methyl sites for hydroxylation is 1. The summed E-state index contributed by atoms with van der Waals surface area (Å²) in [5, 5.41) is 3.52. The van der Waals surface area contributed by atoms with Crippen LogP contribution in [0.2, 0.25) is 5.02 Å². The molecule has 6 heteroatoms. The first-order valence-corrected chi connectivity index (χ1v) is 8.80. The number of hydrogen-bond acceptors (Lipinski definition) is 4. The van der Waals surface area contributed by atoms with E-state index in [0.717, 1.165) is 16.7 Å². The average Bonchev–Trinajstić information content (AvgIpc) is 2.63. The number of anilines is 1. The monoisotopic (exact) mass is 372 g/mol. The van der Waals surface area contributed by atoms with E-state index in [2.05, 4.69) is 5.32 Å². The standard InChI is InChI=1S/C20H21ClN2O3/c1-13-9-16(21)7-8-17(13)22-19(24)12-23-11-15-6-4-3-5-14(15)10-18(23)20(25)26-2/h3-9,18H,10-12H2,1-2H3,(H,22,24)/t18-/m1/s1. The molecule has 0 spiro atoms. The average molecular weight is 373 g/mol. The molecule has 1 amide bonds. The van der Waals surface area contributed by atoms with E-state index in [0.29, 0.717) is 23.7 Å². The molecule has 0 unspecified atom stereocenters. The second-order valence-electron chi connectivity index (χ2n) is 6.42. The van der Waals surface area contributed by atoms with Crippen LogP contribution in [-0.2, 0) is 27.3 Å². The van der Waals surface area contributed by atoms with Crippen LogP contribution in [0, 0.1) is 6.92 Å². The Bertz CT molecular complexity index is 838. The fourth-order valence-corrected chi connectivity index (χ4v) is 3.48. The van der Waals surface area contributed by atoms with Crippen molar-refractivity contribution in [3.05, 3.63) is 64.2 Å². The van der Waals surface area contributed by atoms with Gasteiger partial charge in [0, 0.05) is 17.3 Å². The summed E-state index contributed by atoms with van der Waals surface area (Å²) in [6, 6.07) is 12.8. The van der Waals surface area contributed by atoms with Gasteiger partial charge in [-0.2, -0.15) is 0 Å². The summed E-state index contributed by atoms with van der Waals surface area (Å²) in [7, 11) is 1.37. The number of fused-ring (bicyclic) bond motifs is 1. The van der Waals surface area contributed by atoms with Gasteiger partial charge in [-0.3, -0.25) is 14.5 Å². The Hall–Kier alpha value is -2.37. The Morgan fingerprint density at radius 2 is 1.96 bits per heavy atom. The van der Waals surface area contributed by atoms with Crippen molar-refractivity contribution in [3.63, 3.8) is 0 Å². The first-order chi connectivity index (χ1) is 12.5. The van der Waals surface area contributed by atoms with Crippen LogP contribution in [0.25, 0.3) is 0 Å². The van der Waals surface area contributed by atoms with Gasteiger partial charge in [-0.1, -0.05) is 35.9 Å². The van der Waals surface area contributed by atoms with Crippen molar-refractivity contribution in [3.8, 4) is 0 Å². The maximum atomic E-state index is 12.5. The maximum Gasteiger partial charge on any atom is 0.323 e. The fraction of sp³-hybridized carbons (Fsp3) is 0.300. The first-order valence-electron chi connectivity index (χ1n) is 8.42. The van der Waals surface area contributed by atoms with E-state index in [-0.39, 0.29) is 18.4 Å². The zero-order valence-corrected chi connectivity index (χ0v) is 15.5. The number of benzene rings is 2. The Morgan fingerprint density at radius 3 is 2.65 bits per heavy atom. The van der Waals surface area contributed by atoms with Crippen molar-refractivity contribution in [1.29, 1.82) is 0 Å². The van der Waals surface area contributed by atoms with Gasteiger partial charge in [0.2, 0.25) is 5.91 Å². The molecule has 26 heavy (non-hydrogen) atoms. The van der Waals surface area contributed by atoms with Crippen LogP contribution in [0.1, 0.15) is 16.7 Å². The van der Waals surface area contributed by atoms with Crippen molar-refractivity contribution in [1.82, 2.24) is 4.90 Å². The van der Waals surface area contributed by atoms with Gasteiger partial charge in [-0.05, 0) is 48.2 Å². The number of amides is 1. The lowest BCUT2D eigenvalue weighted by molar-refractivity contribution is -0.148. The topological polar surface area (TPSA) is 58.6 Å². The molecule has 0 saturated carbocycles. The molecule has 1 aliphatic rings. The number of methoxy groups -OCH3 is 1. The summed E-state index contributed by atoms with van der Waals surface area (Å²) in [6.07, 6.45) is 0.538. The number of esters is 1. The number of halogens is 1. The van der Waals surface area contributed by atoms with Crippen molar-refractivity contribution in [2.75, 3.05) is 19.0 Å². The molecular weight excluding hydrogens is 352 g/mol. The van der Waals surface area contributed by atoms with E-state index in [9.17, 15) is 9.59 Å². The van der Waals surface area contributed by atoms with Crippen LogP contribution >= 0.6 is 11.6 Å². The molecule has 0 bridgehead atoms. The van der Waals surface area contributed by atoms with E-state index in [1.807, 2.05) is 36.1 Å². The normalized spacial score (nSPS) is 16.7. The van der Waals surface area contributed by atoms with Crippen LogP contribution in [0.3, 0.4) is 0 Å². The summed E-state index contributed by atoms with van der Waals surface area (Å²) in [6.45, 7) is 2.52. The third kappa shape index (κ3) is 4.06. The van der Waals surface area contributed by atoms with Gasteiger partial charge in [0.05, 0.1) is 13.7 Å². The predicted octanol–water partition coefficient (Wildman–Crippen LogP) is 3.19. The predicted molar refractivity (Wildman–Crippen MR) is 101 cm³/mol. The highest BCUT2D eigenvalue weighted by Gasteiger charge is 2.33. The lowest BCUT2D eigenvalue weighted by Crippen LogP contribution is -2.49. The Labute approximate surface area is 157 Å². The van der Waals surface area contributed by atoms with Crippen LogP contribution in [-0.4, -0.2) is 36.5 Å². The minimum absolute atomic E-state index is 0.107. The third-order valence-corrected chi connectivity index (χ3v) is 4.86. The molecule has 1 heterocycles. The zero-order chi connectivity index (χ0) is 18.7. The lowest BCUT2D eigenvalue weighted by atomic mass is 9.94. The number of nitrogens with zero attached hydrogens (tertiary/aromatic N) is 1. The van der Waals surface area contributed by atoms with E-state index in [1.54, 1.807) is 18.2 Å². The number of rotatable bonds is 4. The molecule has 1 atom stereocenters. The molecule has 2 aromatic rings. The van der Waals surface area contributed by atoms with E-state index < -0.39 is 6.04 Å². The second kappa shape index (κ2) is 7.89.